The topological polar surface area (TPSA) is 9.86 Å². The monoisotopic (exact) mass is 796 g/mol. The van der Waals surface area contributed by atoms with E-state index in [1.54, 1.807) is 0 Å². The first-order valence-corrected chi connectivity index (χ1v) is 22.2. The third kappa shape index (κ3) is 5.97. The lowest BCUT2D eigenvalue weighted by molar-refractivity contribution is 1.18. The fourth-order valence-electron chi connectivity index (χ4n) is 10.7. The summed E-state index contributed by atoms with van der Waals surface area (Å²) < 4.78 is 5.07. The van der Waals surface area contributed by atoms with Crippen LogP contribution in [-0.4, -0.2) is 64.1 Å². The zero-order valence-electron chi connectivity index (χ0n) is 37.1. The molecule has 9 aromatic carbocycles. The second-order valence-electron chi connectivity index (χ2n) is 17.5. The third-order valence-corrected chi connectivity index (χ3v) is 14.2. The van der Waals surface area contributed by atoms with Crippen molar-refractivity contribution < 1.29 is 0 Å². The zero-order valence-corrected chi connectivity index (χ0v) is 37.1. The molecule has 11 rings (SSSR count). The zero-order chi connectivity index (χ0) is 43.1. The largest absolute Gasteiger partial charge is 0.310 e. The van der Waals surface area contributed by atoms with Gasteiger partial charge < -0.3 is 9.13 Å². The molecule has 2 heterocycles. The van der Waals surface area contributed by atoms with Crippen LogP contribution in [-0.2, 0) is 0 Å². The fourth-order valence-corrected chi connectivity index (χ4v) is 10.7. The minimum Gasteiger partial charge on any atom is -0.310 e. The Morgan fingerprint density at radius 3 is 1.54 bits per heavy atom. The first-order valence-electron chi connectivity index (χ1n) is 22.2. The molecule has 0 bridgehead atoms. The molecule has 11 aromatic rings. The van der Waals surface area contributed by atoms with Crippen LogP contribution < -0.4 is 38.2 Å². The summed E-state index contributed by atoms with van der Waals surface area (Å²) in [7, 11) is 16.3. The lowest BCUT2D eigenvalue weighted by atomic mass is 9.64. The molecule has 0 atom stereocenters. The van der Waals surface area contributed by atoms with E-state index in [-0.39, 0.29) is 0 Å². The highest BCUT2D eigenvalue weighted by atomic mass is 15.0. The van der Waals surface area contributed by atoms with Crippen LogP contribution in [0.4, 0.5) is 0 Å². The molecule has 0 radical (unpaired) electrons. The van der Waals surface area contributed by atoms with E-state index in [1.807, 2.05) is 0 Å². The maximum atomic E-state index is 2.60. The number of aromatic nitrogens is 2. The van der Waals surface area contributed by atoms with Crippen molar-refractivity contribution in [3.63, 3.8) is 0 Å². The lowest BCUT2D eigenvalue weighted by Gasteiger charge is -2.20. The fraction of sp³-hybridized carbons (Fsp3) is 0. The maximum Gasteiger partial charge on any atom is 0.141 e. The van der Waals surface area contributed by atoms with Gasteiger partial charge in [0.05, 0.1) is 16.7 Å². The molecule has 63 heavy (non-hydrogen) atoms. The molecule has 2 aromatic heterocycles. The molecule has 9 heteroatoms. The van der Waals surface area contributed by atoms with Gasteiger partial charge in [0.15, 0.2) is 0 Å². The van der Waals surface area contributed by atoms with E-state index in [2.05, 4.69) is 240 Å². The van der Waals surface area contributed by atoms with E-state index in [9.17, 15) is 0 Å². The highest BCUT2D eigenvalue weighted by Gasteiger charge is 2.26. The molecule has 0 aliphatic heterocycles. The molecule has 0 unspecified atom stereocenters. The quantitative estimate of drug-likeness (QED) is 0.229. The predicted octanol–water partition coefficient (Wildman–Crippen LogP) is 2.36. The molecule has 0 saturated heterocycles. The highest BCUT2D eigenvalue weighted by molar-refractivity contribution is 6.69. The average Bonchev–Trinajstić information content (AvgIpc) is 3.87. The van der Waals surface area contributed by atoms with Gasteiger partial charge in [-0.2, -0.15) is 0 Å². The van der Waals surface area contributed by atoms with Crippen molar-refractivity contribution in [2.75, 3.05) is 0 Å². The number of nitrogens with zero attached hydrogens (tertiary/aromatic N) is 2. The summed E-state index contributed by atoms with van der Waals surface area (Å²) in [5, 5.41) is 5.23. The predicted molar refractivity (Wildman–Crippen MR) is 294 cm³/mol. The molecular weight excluding hydrogens is 752 g/mol. The van der Waals surface area contributed by atoms with Crippen LogP contribution >= 0.6 is 0 Å². The summed E-state index contributed by atoms with van der Waals surface area (Å²) >= 11 is 0. The molecular formula is C54H43B7N2. The van der Waals surface area contributed by atoms with Crippen molar-refractivity contribution in [2.45, 2.75) is 0 Å². The van der Waals surface area contributed by atoms with Crippen molar-refractivity contribution in [1.82, 2.24) is 9.13 Å². The van der Waals surface area contributed by atoms with Crippen molar-refractivity contribution in [2.24, 2.45) is 0 Å². The minimum atomic E-state index is 1.15. The summed E-state index contributed by atoms with van der Waals surface area (Å²) in [6.45, 7) is 0. The summed E-state index contributed by atoms with van der Waals surface area (Å²) in [6.07, 6.45) is 0. The van der Waals surface area contributed by atoms with Gasteiger partial charge >= 0.3 is 0 Å². The minimum absolute atomic E-state index is 1.15. The number of fused-ring (bicyclic) bond motifs is 6. The van der Waals surface area contributed by atoms with Crippen LogP contribution in [0.25, 0.3) is 99.5 Å². The van der Waals surface area contributed by atoms with Crippen LogP contribution in [0.5, 0.6) is 0 Å². The van der Waals surface area contributed by atoms with Crippen LogP contribution in [0.2, 0.25) is 0 Å². The summed E-state index contributed by atoms with van der Waals surface area (Å²) in [5.41, 5.74) is 26.6. The Morgan fingerprint density at radius 1 is 0.302 bits per heavy atom. The Bertz CT molecular complexity index is 3630. The van der Waals surface area contributed by atoms with E-state index in [4.69, 9.17) is 0 Å². The summed E-state index contributed by atoms with van der Waals surface area (Å²) in [5.74, 6) is 0. The molecule has 0 amide bonds. The molecule has 0 aliphatic carbocycles. The summed E-state index contributed by atoms with van der Waals surface area (Å²) in [4.78, 5) is 0. The van der Waals surface area contributed by atoms with E-state index in [0.29, 0.717) is 0 Å². The van der Waals surface area contributed by atoms with Crippen LogP contribution in [0.1, 0.15) is 0 Å². The van der Waals surface area contributed by atoms with Gasteiger partial charge in [0.2, 0.25) is 0 Å². The number of rotatable bonds is 6. The van der Waals surface area contributed by atoms with Crippen LogP contribution in [0, 0.1) is 0 Å². The molecule has 0 spiro atoms. The number of para-hydroxylation sites is 1. The van der Waals surface area contributed by atoms with E-state index in [1.165, 1.54) is 132 Å². The van der Waals surface area contributed by atoms with Gasteiger partial charge in [0.25, 0.3) is 0 Å². The second-order valence-corrected chi connectivity index (χ2v) is 17.5. The average molecular weight is 796 g/mol. The molecule has 0 fully saturated rings. The molecule has 290 valence electrons. The van der Waals surface area contributed by atoms with E-state index in [0.717, 1.165) is 5.69 Å². The van der Waals surface area contributed by atoms with Gasteiger partial charge in [0.1, 0.15) is 54.9 Å². The Kier molecular flexibility index (Phi) is 9.35. The standard InChI is InChI=1S/C54H43B7N2/c55-46-42(47(56)51(60)53-44(46)45-48(57)49(58)50(59)52(61)54(45)63(53)39-24-11-10-22-36(39)31-16-6-2-7-17-31)34-26-27-40-38(29-34)43-37(32-18-8-3-9-19-32)23-13-25-41(43)62(40)35-21-12-20-33(28-35)30-14-4-1-5-15-30/h1-29H,55-61H2. The molecule has 0 aliphatic rings. The Labute approximate surface area is 375 Å². The van der Waals surface area contributed by atoms with Crippen molar-refractivity contribution in [3.05, 3.63) is 176 Å². The van der Waals surface area contributed by atoms with E-state index < -0.39 is 0 Å². The van der Waals surface area contributed by atoms with Gasteiger partial charge in [-0.15, -0.1) is 5.46 Å². The Hall–Kier alpha value is -6.97. The Morgan fingerprint density at radius 2 is 0.841 bits per heavy atom. The third-order valence-electron chi connectivity index (χ3n) is 14.2. The lowest BCUT2D eigenvalue weighted by Crippen LogP contribution is -2.48. The maximum absolute atomic E-state index is 2.60. The SMILES string of the molecule is Bc1c(B)c(B)c2c(c1B)c1c(B)c(-c3ccc4c(c3)c3c(-c5ccccc5)cccc3n4-c3cccc(-c4ccccc4)c3)c(B)c(B)c1n2-c1ccccc1-c1ccccc1. The number of hydrogen-bond donors (Lipinski definition) is 0. The van der Waals surface area contributed by atoms with Gasteiger partial charge in [-0.25, -0.2) is 0 Å². The van der Waals surface area contributed by atoms with Crippen LogP contribution in [0.15, 0.2) is 176 Å². The van der Waals surface area contributed by atoms with Crippen molar-refractivity contribution in [3.8, 4) is 55.9 Å². The van der Waals surface area contributed by atoms with E-state index >= 15 is 0 Å². The molecule has 0 saturated carbocycles. The Balaban J connectivity index is 1.23. The smallest absolute Gasteiger partial charge is 0.141 e. The van der Waals surface area contributed by atoms with Gasteiger partial charge in [-0.1, -0.05) is 172 Å². The number of hydrogen-bond acceptors (Lipinski definition) is 0. The normalized spacial score (nSPS) is 11.6. The van der Waals surface area contributed by atoms with Gasteiger partial charge in [-0.3, -0.25) is 0 Å². The van der Waals surface area contributed by atoms with Crippen molar-refractivity contribution >= 4 is 137 Å². The highest BCUT2D eigenvalue weighted by Crippen LogP contribution is 2.41. The first kappa shape index (κ1) is 38.9. The second kappa shape index (κ2) is 15.1. The van der Waals surface area contributed by atoms with Crippen LogP contribution in [0.3, 0.4) is 0 Å². The van der Waals surface area contributed by atoms with Crippen molar-refractivity contribution in [1.29, 1.82) is 0 Å². The molecule has 2 nitrogen and oxygen atoms in total. The first-order chi connectivity index (χ1) is 30.7. The summed E-state index contributed by atoms with van der Waals surface area (Å²) in [6, 6.07) is 64.4. The van der Waals surface area contributed by atoms with Gasteiger partial charge in [0, 0.05) is 38.4 Å². The van der Waals surface area contributed by atoms with Gasteiger partial charge in [-0.05, 0) is 80.7 Å². The number of benzene rings is 9. The molecule has 0 N–H and O–H groups in total.